The van der Waals surface area contributed by atoms with Crippen molar-refractivity contribution in [1.82, 2.24) is 9.97 Å². The fourth-order valence-corrected chi connectivity index (χ4v) is 2.10. The molecule has 2 rings (SSSR count). The lowest BCUT2D eigenvalue weighted by molar-refractivity contribution is 0.449. The van der Waals surface area contributed by atoms with E-state index in [1.807, 2.05) is 37.4 Å². The maximum absolute atomic E-state index is 5.82. The maximum atomic E-state index is 5.82. The zero-order chi connectivity index (χ0) is 13.7. The van der Waals surface area contributed by atoms with Crippen LogP contribution >= 0.6 is 11.8 Å². The largest absolute Gasteiger partial charge is 0.438 e. The second kappa shape index (κ2) is 6.40. The summed E-state index contributed by atoms with van der Waals surface area (Å²) in [7, 11) is 0. The van der Waals surface area contributed by atoms with Crippen LogP contribution in [0.2, 0.25) is 0 Å². The van der Waals surface area contributed by atoms with Gasteiger partial charge in [-0.05, 0) is 18.4 Å². The fourth-order valence-electron chi connectivity index (χ4n) is 1.57. The second-order valence-electron chi connectivity index (χ2n) is 3.76. The predicted octanol–water partition coefficient (Wildman–Crippen LogP) is 2.84. The lowest BCUT2D eigenvalue weighted by Crippen LogP contribution is -2.10. The van der Waals surface area contributed by atoms with E-state index in [2.05, 4.69) is 15.4 Å². The number of aromatic nitrogens is 2. The van der Waals surface area contributed by atoms with Gasteiger partial charge in [0.15, 0.2) is 0 Å². The van der Waals surface area contributed by atoms with Crippen LogP contribution in [0.25, 0.3) is 0 Å². The smallest absolute Gasteiger partial charge is 0.224 e. The number of anilines is 1. The molecular formula is C13H16N4OS. The van der Waals surface area contributed by atoms with Crippen LogP contribution in [-0.2, 0) is 6.42 Å². The number of nitrogens with two attached hydrogens (primary N) is 1. The van der Waals surface area contributed by atoms with Crippen molar-refractivity contribution >= 4 is 17.6 Å². The lowest BCUT2D eigenvalue weighted by Gasteiger charge is -2.10. The van der Waals surface area contributed by atoms with Crippen LogP contribution in [0.3, 0.4) is 0 Å². The molecule has 0 amide bonds. The number of hydrogen-bond donors (Lipinski definition) is 2. The number of thioether (sulfide) groups is 1. The van der Waals surface area contributed by atoms with Crippen molar-refractivity contribution in [3.05, 3.63) is 36.2 Å². The van der Waals surface area contributed by atoms with E-state index in [0.29, 0.717) is 17.5 Å². The molecule has 0 radical (unpaired) electrons. The van der Waals surface area contributed by atoms with Crippen LogP contribution in [0.15, 0.2) is 35.2 Å². The van der Waals surface area contributed by atoms with Gasteiger partial charge in [0.1, 0.15) is 17.4 Å². The molecule has 0 aliphatic rings. The van der Waals surface area contributed by atoms with Crippen LogP contribution in [0, 0.1) is 0 Å². The van der Waals surface area contributed by atoms with E-state index in [4.69, 9.17) is 10.6 Å². The molecule has 0 atom stereocenters. The van der Waals surface area contributed by atoms with E-state index < -0.39 is 0 Å². The summed E-state index contributed by atoms with van der Waals surface area (Å²) >= 11 is 1.63. The Hall–Kier alpha value is -1.79. The van der Waals surface area contributed by atoms with Crippen LogP contribution < -0.4 is 16.0 Å². The molecule has 100 valence electrons. The molecule has 3 N–H and O–H groups in total. The van der Waals surface area contributed by atoms with Crippen LogP contribution in [0.4, 0.5) is 5.82 Å². The van der Waals surface area contributed by atoms with Gasteiger partial charge in [-0.25, -0.2) is 10.8 Å². The third kappa shape index (κ3) is 3.36. The molecule has 0 unspecified atom stereocenters. The topological polar surface area (TPSA) is 73.1 Å². The molecule has 1 aromatic heterocycles. The predicted molar refractivity (Wildman–Crippen MR) is 77.5 cm³/mol. The Morgan fingerprint density at radius 1 is 1.32 bits per heavy atom. The van der Waals surface area contributed by atoms with Crippen molar-refractivity contribution in [2.75, 3.05) is 11.7 Å². The minimum Gasteiger partial charge on any atom is -0.438 e. The van der Waals surface area contributed by atoms with Crippen molar-refractivity contribution in [3.8, 4) is 11.6 Å². The van der Waals surface area contributed by atoms with Crippen LogP contribution in [0.1, 0.15) is 12.7 Å². The molecule has 0 fully saturated rings. The lowest BCUT2D eigenvalue weighted by atomic mass is 10.3. The van der Waals surface area contributed by atoms with Crippen LogP contribution in [0.5, 0.6) is 11.6 Å². The molecule has 1 aromatic carbocycles. The monoisotopic (exact) mass is 276 g/mol. The van der Waals surface area contributed by atoms with E-state index in [0.717, 1.165) is 17.1 Å². The summed E-state index contributed by atoms with van der Waals surface area (Å²) in [5.74, 6) is 7.89. The Morgan fingerprint density at radius 2 is 2.11 bits per heavy atom. The molecule has 5 nitrogen and oxygen atoms in total. The summed E-state index contributed by atoms with van der Waals surface area (Å²) in [4.78, 5) is 9.61. The van der Waals surface area contributed by atoms with Gasteiger partial charge in [-0.2, -0.15) is 4.98 Å². The first-order valence-electron chi connectivity index (χ1n) is 5.92. The zero-order valence-corrected chi connectivity index (χ0v) is 11.7. The Labute approximate surface area is 116 Å². The summed E-state index contributed by atoms with van der Waals surface area (Å²) in [6.07, 6.45) is 2.72. The highest BCUT2D eigenvalue weighted by Crippen LogP contribution is 2.30. The molecule has 0 saturated carbocycles. The number of aryl methyl sites for hydroxylation is 1. The van der Waals surface area contributed by atoms with E-state index >= 15 is 0 Å². The number of rotatable bonds is 5. The molecule has 0 aliphatic heterocycles. The van der Waals surface area contributed by atoms with Gasteiger partial charge in [-0.3, -0.25) is 0 Å². The number of para-hydroxylation sites is 1. The normalized spacial score (nSPS) is 10.3. The number of hydrazine groups is 1. The number of nitrogens with zero attached hydrogens (tertiary/aromatic N) is 2. The van der Waals surface area contributed by atoms with Gasteiger partial charge in [0.05, 0.1) is 0 Å². The Bertz CT molecular complexity index is 540. The third-order valence-electron chi connectivity index (χ3n) is 2.50. The summed E-state index contributed by atoms with van der Waals surface area (Å²) in [5.41, 5.74) is 2.52. The Balaban J connectivity index is 2.32. The number of nitrogens with one attached hydrogen (secondary N) is 1. The summed E-state index contributed by atoms with van der Waals surface area (Å²) in [6, 6.07) is 9.50. The number of nitrogen functional groups attached to an aromatic ring is 1. The van der Waals surface area contributed by atoms with Crippen molar-refractivity contribution in [2.45, 2.75) is 18.2 Å². The molecule has 1 heterocycles. The molecule has 6 heteroatoms. The molecule has 0 saturated heterocycles. The highest BCUT2D eigenvalue weighted by Gasteiger charge is 2.07. The summed E-state index contributed by atoms with van der Waals surface area (Å²) in [5, 5.41) is 0. The minimum absolute atomic E-state index is 0.487. The molecule has 0 spiro atoms. The van der Waals surface area contributed by atoms with Gasteiger partial charge in [-0.15, -0.1) is 11.8 Å². The first-order valence-corrected chi connectivity index (χ1v) is 7.14. The van der Waals surface area contributed by atoms with Crippen molar-refractivity contribution in [3.63, 3.8) is 0 Å². The molecule has 0 aliphatic carbocycles. The SMILES string of the molecule is CCc1nc(NN)cc(Oc2ccccc2SC)n1. The van der Waals surface area contributed by atoms with E-state index in [1.54, 1.807) is 17.8 Å². The molecular weight excluding hydrogens is 260 g/mol. The van der Waals surface area contributed by atoms with Gasteiger partial charge in [0.2, 0.25) is 5.88 Å². The second-order valence-corrected chi connectivity index (χ2v) is 4.61. The fraction of sp³-hybridized carbons (Fsp3) is 0.231. The quantitative estimate of drug-likeness (QED) is 0.497. The summed E-state index contributed by atoms with van der Waals surface area (Å²) in [6.45, 7) is 1.98. The van der Waals surface area contributed by atoms with Crippen molar-refractivity contribution in [2.24, 2.45) is 5.84 Å². The van der Waals surface area contributed by atoms with Crippen LogP contribution in [-0.4, -0.2) is 16.2 Å². The standard InChI is InChI=1S/C13H16N4OS/c1-3-11-15-12(17-14)8-13(16-11)18-9-6-4-5-7-10(9)19-2/h4-8H,3,14H2,1-2H3,(H,15,16,17). The van der Waals surface area contributed by atoms with E-state index in [9.17, 15) is 0 Å². The summed E-state index contributed by atoms with van der Waals surface area (Å²) < 4.78 is 5.82. The zero-order valence-electron chi connectivity index (χ0n) is 10.9. The average Bonchev–Trinajstić information content (AvgIpc) is 2.47. The first kappa shape index (κ1) is 13.6. The van der Waals surface area contributed by atoms with Gasteiger partial charge in [0.25, 0.3) is 0 Å². The van der Waals surface area contributed by atoms with E-state index in [-0.39, 0.29) is 0 Å². The highest BCUT2D eigenvalue weighted by molar-refractivity contribution is 7.98. The maximum Gasteiger partial charge on any atom is 0.224 e. The van der Waals surface area contributed by atoms with Gasteiger partial charge in [0, 0.05) is 17.4 Å². The number of ether oxygens (including phenoxy) is 1. The minimum atomic E-state index is 0.487. The molecule has 0 bridgehead atoms. The number of benzene rings is 1. The first-order chi connectivity index (χ1) is 9.26. The number of hydrogen-bond acceptors (Lipinski definition) is 6. The van der Waals surface area contributed by atoms with Gasteiger partial charge < -0.3 is 10.2 Å². The van der Waals surface area contributed by atoms with Crippen molar-refractivity contribution < 1.29 is 4.74 Å². The van der Waals surface area contributed by atoms with Crippen molar-refractivity contribution in [1.29, 1.82) is 0 Å². The Kier molecular flexibility index (Phi) is 4.59. The van der Waals surface area contributed by atoms with Gasteiger partial charge in [-0.1, -0.05) is 19.1 Å². The third-order valence-corrected chi connectivity index (χ3v) is 3.27. The van der Waals surface area contributed by atoms with E-state index in [1.165, 1.54) is 0 Å². The Morgan fingerprint density at radius 3 is 2.79 bits per heavy atom. The average molecular weight is 276 g/mol. The molecule has 2 aromatic rings. The molecule has 19 heavy (non-hydrogen) atoms. The van der Waals surface area contributed by atoms with Gasteiger partial charge >= 0.3 is 0 Å². The highest BCUT2D eigenvalue weighted by atomic mass is 32.2.